The van der Waals surface area contributed by atoms with Crippen molar-refractivity contribution in [3.05, 3.63) is 0 Å². The van der Waals surface area contributed by atoms with Crippen molar-refractivity contribution in [3.8, 4) is 0 Å². The second-order valence-corrected chi connectivity index (χ2v) is 4.27. The number of hydrogen-bond donors (Lipinski definition) is 2. The van der Waals surface area contributed by atoms with Gasteiger partial charge >= 0.3 is 5.97 Å². The van der Waals surface area contributed by atoms with E-state index in [0.717, 1.165) is 12.8 Å². The highest BCUT2D eigenvalue weighted by molar-refractivity contribution is 5.67. The molecule has 1 aliphatic carbocycles. The van der Waals surface area contributed by atoms with E-state index in [9.17, 15) is 4.79 Å². The summed E-state index contributed by atoms with van der Waals surface area (Å²) in [5.41, 5.74) is 0. The van der Waals surface area contributed by atoms with Gasteiger partial charge in [-0.1, -0.05) is 32.1 Å². The SMILES string of the molecule is O=C(O)CC(CCO)C1CCCCC1. The minimum Gasteiger partial charge on any atom is -0.481 e. The van der Waals surface area contributed by atoms with Crippen LogP contribution in [0.2, 0.25) is 0 Å². The van der Waals surface area contributed by atoms with Gasteiger partial charge in [0, 0.05) is 13.0 Å². The van der Waals surface area contributed by atoms with Crippen molar-refractivity contribution in [2.75, 3.05) is 6.61 Å². The number of aliphatic hydroxyl groups is 1. The molecule has 0 aromatic carbocycles. The molecule has 82 valence electrons. The molecule has 14 heavy (non-hydrogen) atoms. The van der Waals surface area contributed by atoms with Crippen LogP contribution in [0.25, 0.3) is 0 Å². The van der Waals surface area contributed by atoms with Crippen LogP contribution in [0.3, 0.4) is 0 Å². The molecule has 0 radical (unpaired) electrons. The molecule has 0 amide bonds. The quantitative estimate of drug-likeness (QED) is 0.714. The van der Waals surface area contributed by atoms with Crippen LogP contribution in [0, 0.1) is 11.8 Å². The molecule has 1 saturated carbocycles. The van der Waals surface area contributed by atoms with Gasteiger partial charge in [0.05, 0.1) is 0 Å². The fourth-order valence-electron chi connectivity index (χ4n) is 2.50. The van der Waals surface area contributed by atoms with Gasteiger partial charge in [0.15, 0.2) is 0 Å². The number of carboxylic acids is 1. The first kappa shape index (κ1) is 11.5. The minimum atomic E-state index is -0.728. The third kappa shape index (κ3) is 3.66. The summed E-state index contributed by atoms with van der Waals surface area (Å²) in [5, 5.41) is 17.6. The van der Waals surface area contributed by atoms with Gasteiger partial charge in [-0.25, -0.2) is 0 Å². The Morgan fingerprint density at radius 1 is 1.29 bits per heavy atom. The van der Waals surface area contributed by atoms with Crippen molar-refractivity contribution in [2.24, 2.45) is 11.8 Å². The molecule has 1 aliphatic rings. The first-order chi connectivity index (χ1) is 6.74. The van der Waals surface area contributed by atoms with Gasteiger partial charge < -0.3 is 10.2 Å². The summed E-state index contributed by atoms with van der Waals surface area (Å²) in [4.78, 5) is 10.6. The highest BCUT2D eigenvalue weighted by Crippen LogP contribution is 2.33. The van der Waals surface area contributed by atoms with Gasteiger partial charge in [-0.2, -0.15) is 0 Å². The third-order valence-corrected chi connectivity index (χ3v) is 3.25. The lowest BCUT2D eigenvalue weighted by Crippen LogP contribution is -2.21. The molecule has 3 nitrogen and oxygen atoms in total. The highest BCUT2D eigenvalue weighted by atomic mass is 16.4. The average molecular weight is 200 g/mol. The first-order valence-electron chi connectivity index (χ1n) is 5.56. The van der Waals surface area contributed by atoms with Crippen LogP contribution in [0.5, 0.6) is 0 Å². The normalized spacial score (nSPS) is 20.6. The summed E-state index contributed by atoms with van der Waals surface area (Å²) in [7, 11) is 0. The molecule has 0 aromatic heterocycles. The molecule has 0 spiro atoms. The molecule has 0 bridgehead atoms. The summed E-state index contributed by atoms with van der Waals surface area (Å²) in [5.74, 6) is -0.00109. The molecule has 1 fully saturated rings. The smallest absolute Gasteiger partial charge is 0.303 e. The van der Waals surface area contributed by atoms with Crippen molar-refractivity contribution in [3.63, 3.8) is 0 Å². The van der Waals surface area contributed by atoms with Crippen molar-refractivity contribution in [1.82, 2.24) is 0 Å². The summed E-state index contributed by atoms with van der Waals surface area (Å²) in [6.07, 6.45) is 6.92. The van der Waals surface area contributed by atoms with Gasteiger partial charge in [-0.15, -0.1) is 0 Å². The van der Waals surface area contributed by atoms with E-state index in [1.54, 1.807) is 0 Å². The first-order valence-corrected chi connectivity index (χ1v) is 5.56. The zero-order valence-corrected chi connectivity index (χ0v) is 8.61. The average Bonchev–Trinajstić information content (AvgIpc) is 2.18. The van der Waals surface area contributed by atoms with Crippen LogP contribution in [0.4, 0.5) is 0 Å². The monoisotopic (exact) mass is 200 g/mol. The van der Waals surface area contributed by atoms with E-state index >= 15 is 0 Å². The summed E-state index contributed by atoms with van der Waals surface area (Å²) < 4.78 is 0. The number of carbonyl (C=O) groups is 1. The maximum atomic E-state index is 10.6. The summed E-state index contributed by atoms with van der Waals surface area (Å²) in [6.45, 7) is 0.119. The standard InChI is InChI=1S/C11H20O3/c12-7-6-10(8-11(13)14)9-4-2-1-3-5-9/h9-10,12H,1-8H2,(H,13,14). The van der Waals surface area contributed by atoms with Gasteiger partial charge in [0.1, 0.15) is 0 Å². The Balaban J connectivity index is 2.42. The predicted octanol–water partition coefficient (Wildman–Crippen LogP) is 2.04. The van der Waals surface area contributed by atoms with Crippen LogP contribution in [-0.4, -0.2) is 22.8 Å². The fraction of sp³-hybridized carbons (Fsp3) is 0.909. The van der Waals surface area contributed by atoms with Crippen LogP contribution >= 0.6 is 0 Å². The van der Waals surface area contributed by atoms with E-state index < -0.39 is 5.97 Å². The van der Waals surface area contributed by atoms with E-state index in [2.05, 4.69) is 0 Å². The molecule has 3 heteroatoms. The molecule has 2 N–H and O–H groups in total. The Morgan fingerprint density at radius 2 is 1.93 bits per heavy atom. The van der Waals surface area contributed by atoms with Gasteiger partial charge in [-0.3, -0.25) is 4.79 Å². The van der Waals surface area contributed by atoms with E-state index in [1.807, 2.05) is 0 Å². The molecule has 1 atom stereocenters. The number of rotatable bonds is 5. The second-order valence-electron chi connectivity index (χ2n) is 4.27. The Morgan fingerprint density at radius 3 is 2.43 bits per heavy atom. The lowest BCUT2D eigenvalue weighted by Gasteiger charge is -2.28. The Kier molecular flexibility index (Phi) is 4.94. The van der Waals surface area contributed by atoms with Crippen LogP contribution < -0.4 is 0 Å². The molecular formula is C11H20O3. The van der Waals surface area contributed by atoms with Crippen LogP contribution in [0.15, 0.2) is 0 Å². The molecule has 1 rings (SSSR count). The lowest BCUT2D eigenvalue weighted by atomic mass is 9.77. The number of aliphatic carboxylic acids is 1. The van der Waals surface area contributed by atoms with Crippen molar-refractivity contribution >= 4 is 5.97 Å². The maximum absolute atomic E-state index is 10.6. The van der Waals surface area contributed by atoms with E-state index in [0.29, 0.717) is 12.3 Å². The third-order valence-electron chi connectivity index (χ3n) is 3.25. The Bertz CT molecular complexity index is 173. The fourth-order valence-corrected chi connectivity index (χ4v) is 2.50. The van der Waals surface area contributed by atoms with E-state index in [1.165, 1.54) is 19.3 Å². The van der Waals surface area contributed by atoms with Gasteiger partial charge in [0.2, 0.25) is 0 Å². The number of aliphatic hydroxyl groups excluding tert-OH is 1. The zero-order chi connectivity index (χ0) is 10.4. The summed E-state index contributed by atoms with van der Waals surface area (Å²) >= 11 is 0. The molecule has 0 aromatic rings. The zero-order valence-electron chi connectivity index (χ0n) is 8.61. The van der Waals surface area contributed by atoms with Gasteiger partial charge in [-0.05, 0) is 18.3 Å². The second kappa shape index (κ2) is 6.02. The van der Waals surface area contributed by atoms with Crippen molar-refractivity contribution in [2.45, 2.75) is 44.9 Å². The van der Waals surface area contributed by atoms with Crippen LogP contribution in [-0.2, 0) is 4.79 Å². The topological polar surface area (TPSA) is 57.5 Å². The van der Waals surface area contributed by atoms with Crippen molar-refractivity contribution in [1.29, 1.82) is 0 Å². The number of carboxylic acid groups (broad SMARTS) is 1. The Labute approximate surface area is 85.1 Å². The maximum Gasteiger partial charge on any atom is 0.303 e. The summed E-state index contributed by atoms with van der Waals surface area (Å²) in [6, 6.07) is 0. The molecule has 0 heterocycles. The molecule has 0 aliphatic heterocycles. The predicted molar refractivity (Wildman–Crippen MR) is 54.0 cm³/mol. The molecule has 1 unspecified atom stereocenters. The Hall–Kier alpha value is -0.570. The largest absolute Gasteiger partial charge is 0.481 e. The minimum absolute atomic E-state index is 0.119. The molecule has 0 saturated heterocycles. The van der Waals surface area contributed by atoms with Crippen LogP contribution in [0.1, 0.15) is 44.9 Å². The van der Waals surface area contributed by atoms with E-state index in [-0.39, 0.29) is 18.9 Å². The lowest BCUT2D eigenvalue weighted by molar-refractivity contribution is -0.138. The number of hydrogen-bond acceptors (Lipinski definition) is 2. The van der Waals surface area contributed by atoms with Gasteiger partial charge in [0.25, 0.3) is 0 Å². The van der Waals surface area contributed by atoms with E-state index in [4.69, 9.17) is 10.2 Å². The molecular weight excluding hydrogens is 180 g/mol. The van der Waals surface area contributed by atoms with Crippen molar-refractivity contribution < 1.29 is 15.0 Å². The highest BCUT2D eigenvalue weighted by Gasteiger charge is 2.24.